The Morgan fingerprint density at radius 2 is 1.85 bits per heavy atom. The molecule has 2 atom stereocenters. The highest BCUT2D eigenvalue weighted by atomic mass is 32.2. The molecule has 0 aliphatic heterocycles. The third-order valence-electron chi connectivity index (χ3n) is 3.98. The normalized spacial score (nSPS) is 13.0. The van der Waals surface area contributed by atoms with Gasteiger partial charge in [-0.25, -0.2) is 0 Å². The fourth-order valence-electron chi connectivity index (χ4n) is 2.51. The number of aryl methyl sites for hydroxylation is 1. The monoisotopic (exact) mass is 398 g/mol. The van der Waals surface area contributed by atoms with E-state index in [1.54, 1.807) is 0 Å². The number of hydrogen-bond donors (Lipinski definition) is 2. The minimum absolute atomic E-state index is 0.0141. The Kier molecular flexibility index (Phi) is 6.47. The molecule has 5 nitrogen and oxygen atoms in total. The lowest BCUT2D eigenvalue weighted by atomic mass is 10.1. The average molecular weight is 399 g/mol. The van der Waals surface area contributed by atoms with Gasteiger partial charge in [0.2, 0.25) is 11.0 Å². The zero-order valence-corrected chi connectivity index (χ0v) is 17.1. The summed E-state index contributed by atoms with van der Waals surface area (Å²) < 4.78 is 0.764. The van der Waals surface area contributed by atoms with Crippen molar-refractivity contribution in [1.29, 1.82) is 0 Å². The molecule has 27 heavy (non-hydrogen) atoms. The van der Waals surface area contributed by atoms with Crippen molar-refractivity contribution < 1.29 is 4.79 Å². The van der Waals surface area contributed by atoms with Crippen LogP contribution in [0.4, 0.5) is 10.8 Å². The van der Waals surface area contributed by atoms with Crippen molar-refractivity contribution in [1.82, 2.24) is 15.5 Å². The summed E-state index contributed by atoms with van der Waals surface area (Å²) in [6.45, 7) is 5.91. The van der Waals surface area contributed by atoms with E-state index in [1.165, 1.54) is 28.7 Å². The van der Waals surface area contributed by atoms with Crippen LogP contribution in [-0.4, -0.2) is 21.4 Å². The molecular weight excluding hydrogens is 376 g/mol. The van der Waals surface area contributed by atoms with E-state index in [4.69, 9.17) is 0 Å². The Balaban J connectivity index is 1.55. The van der Waals surface area contributed by atoms with Gasteiger partial charge in [0.1, 0.15) is 0 Å². The van der Waals surface area contributed by atoms with Crippen molar-refractivity contribution in [3.05, 3.63) is 65.7 Å². The Bertz CT molecular complexity index is 898. The first-order valence-electron chi connectivity index (χ1n) is 8.70. The molecule has 0 bridgehead atoms. The molecule has 2 aromatic carbocycles. The number of hydrogen-bond acceptors (Lipinski definition) is 6. The molecule has 0 aliphatic rings. The smallest absolute Gasteiger partial charge is 0.233 e. The van der Waals surface area contributed by atoms with Crippen LogP contribution in [0.1, 0.15) is 31.0 Å². The predicted octanol–water partition coefficient (Wildman–Crippen LogP) is 4.95. The maximum atomic E-state index is 12.5. The lowest BCUT2D eigenvalue weighted by Gasteiger charge is -2.17. The van der Waals surface area contributed by atoms with E-state index < -0.39 is 0 Å². The van der Waals surface area contributed by atoms with E-state index in [2.05, 4.69) is 26.9 Å². The van der Waals surface area contributed by atoms with Gasteiger partial charge in [0.05, 0.1) is 11.3 Å². The molecule has 1 amide bonds. The summed E-state index contributed by atoms with van der Waals surface area (Å²) in [7, 11) is 0. The molecule has 140 valence electrons. The molecule has 3 aromatic rings. The molecule has 0 radical (unpaired) electrons. The molecule has 1 heterocycles. The minimum Gasteiger partial charge on any atom is -0.349 e. The molecule has 0 fully saturated rings. The second-order valence-corrected chi connectivity index (χ2v) is 8.83. The van der Waals surface area contributed by atoms with Crippen molar-refractivity contribution in [3.8, 4) is 0 Å². The highest BCUT2D eigenvalue weighted by Gasteiger charge is 2.19. The molecule has 0 spiro atoms. The molecule has 0 saturated carbocycles. The number of rotatable bonds is 7. The van der Waals surface area contributed by atoms with Crippen LogP contribution < -0.4 is 10.6 Å². The molecule has 3 rings (SSSR count). The van der Waals surface area contributed by atoms with Gasteiger partial charge < -0.3 is 10.6 Å². The van der Waals surface area contributed by atoms with Crippen LogP contribution in [0.15, 0.2) is 58.9 Å². The third kappa shape index (κ3) is 5.55. The third-order valence-corrected chi connectivity index (χ3v) is 6.00. The van der Waals surface area contributed by atoms with Crippen molar-refractivity contribution in [2.75, 3.05) is 5.32 Å². The standard InChI is InChI=1S/C20H22N4OS2/c1-13-8-7-11-17(12-13)22-19-23-24-20(27-19)26-15(3)18(25)21-14(2)16-9-5-4-6-10-16/h4-12,14-15H,1-3H3,(H,21,25)(H,22,23). The SMILES string of the molecule is Cc1cccc(Nc2nnc(SC(C)C(=O)NC(C)c3ccccc3)s2)c1. The van der Waals surface area contributed by atoms with E-state index in [0.29, 0.717) is 5.13 Å². The zero-order valence-electron chi connectivity index (χ0n) is 15.5. The van der Waals surface area contributed by atoms with Crippen LogP contribution >= 0.6 is 23.1 Å². The van der Waals surface area contributed by atoms with Crippen LogP contribution in [0.5, 0.6) is 0 Å². The van der Waals surface area contributed by atoms with Gasteiger partial charge in [-0.1, -0.05) is 65.6 Å². The van der Waals surface area contributed by atoms with Crippen LogP contribution in [0, 0.1) is 6.92 Å². The molecule has 0 saturated heterocycles. The van der Waals surface area contributed by atoms with Crippen LogP contribution in [0.25, 0.3) is 0 Å². The van der Waals surface area contributed by atoms with E-state index in [9.17, 15) is 4.79 Å². The first-order valence-corrected chi connectivity index (χ1v) is 10.4. The number of carbonyl (C=O) groups excluding carboxylic acids is 1. The van der Waals surface area contributed by atoms with Crippen LogP contribution in [0.3, 0.4) is 0 Å². The van der Waals surface area contributed by atoms with E-state index >= 15 is 0 Å². The number of nitrogens with zero attached hydrogens (tertiary/aromatic N) is 2. The van der Waals surface area contributed by atoms with Gasteiger partial charge in [-0.05, 0) is 44.0 Å². The lowest BCUT2D eigenvalue weighted by Crippen LogP contribution is -2.33. The predicted molar refractivity (Wildman–Crippen MR) is 113 cm³/mol. The Labute approximate surface area is 167 Å². The van der Waals surface area contributed by atoms with Crippen molar-refractivity contribution in [2.45, 2.75) is 36.4 Å². The second-order valence-electron chi connectivity index (χ2n) is 6.27. The molecule has 2 N–H and O–H groups in total. The van der Waals surface area contributed by atoms with E-state index in [-0.39, 0.29) is 17.2 Å². The fraction of sp³-hybridized carbons (Fsp3) is 0.250. The molecular formula is C20H22N4OS2. The topological polar surface area (TPSA) is 66.9 Å². The molecule has 7 heteroatoms. The van der Waals surface area contributed by atoms with Gasteiger partial charge in [0.25, 0.3) is 0 Å². The summed E-state index contributed by atoms with van der Waals surface area (Å²) in [4.78, 5) is 12.5. The van der Waals surface area contributed by atoms with Gasteiger partial charge in [-0.3, -0.25) is 4.79 Å². The van der Waals surface area contributed by atoms with Crippen molar-refractivity contribution in [3.63, 3.8) is 0 Å². The number of aromatic nitrogens is 2. The van der Waals surface area contributed by atoms with E-state index in [0.717, 1.165) is 15.6 Å². The first kappa shape index (κ1) is 19.4. The summed E-state index contributed by atoms with van der Waals surface area (Å²) in [6, 6.07) is 18.0. The number of benzene rings is 2. The number of thioether (sulfide) groups is 1. The van der Waals surface area contributed by atoms with Gasteiger partial charge in [0.15, 0.2) is 4.34 Å². The summed E-state index contributed by atoms with van der Waals surface area (Å²) >= 11 is 2.86. The van der Waals surface area contributed by atoms with Gasteiger partial charge in [-0.2, -0.15) is 0 Å². The second kappa shape index (κ2) is 9.01. The van der Waals surface area contributed by atoms with Crippen LogP contribution in [0.2, 0.25) is 0 Å². The van der Waals surface area contributed by atoms with Crippen LogP contribution in [-0.2, 0) is 4.79 Å². The summed E-state index contributed by atoms with van der Waals surface area (Å²) in [5, 5.41) is 15.1. The maximum absolute atomic E-state index is 12.5. The van der Waals surface area contributed by atoms with Crippen molar-refractivity contribution in [2.24, 2.45) is 0 Å². The average Bonchev–Trinajstić information content (AvgIpc) is 3.09. The van der Waals surface area contributed by atoms with Crippen molar-refractivity contribution >= 4 is 39.8 Å². The minimum atomic E-state index is -0.254. The number of anilines is 2. The van der Waals surface area contributed by atoms with E-state index in [1.807, 2.05) is 69.3 Å². The first-order chi connectivity index (χ1) is 13.0. The summed E-state index contributed by atoms with van der Waals surface area (Å²) in [5.41, 5.74) is 3.24. The van der Waals surface area contributed by atoms with Gasteiger partial charge in [-0.15, -0.1) is 10.2 Å². The summed E-state index contributed by atoms with van der Waals surface area (Å²) in [5.74, 6) is -0.0141. The Morgan fingerprint density at radius 3 is 2.59 bits per heavy atom. The quantitative estimate of drug-likeness (QED) is 0.551. The zero-order chi connectivity index (χ0) is 19.2. The Morgan fingerprint density at radius 1 is 1.07 bits per heavy atom. The maximum Gasteiger partial charge on any atom is 0.233 e. The highest BCUT2D eigenvalue weighted by molar-refractivity contribution is 8.02. The highest BCUT2D eigenvalue weighted by Crippen LogP contribution is 2.30. The Hall–Kier alpha value is -2.38. The molecule has 1 aromatic heterocycles. The lowest BCUT2D eigenvalue weighted by molar-refractivity contribution is -0.120. The largest absolute Gasteiger partial charge is 0.349 e. The fourth-order valence-corrected chi connectivity index (χ4v) is 4.44. The summed E-state index contributed by atoms with van der Waals surface area (Å²) in [6.07, 6.45) is 0. The van der Waals surface area contributed by atoms with Gasteiger partial charge in [0, 0.05) is 5.69 Å². The number of nitrogens with one attached hydrogen (secondary N) is 2. The molecule has 0 aliphatic carbocycles. The number of amides is 1. The number of carbonyl (C=O) groups is 1. The van der Waals surface area contributed by atoms with Gasteiger partial charge >= 0.3 is 0 Å². The molecule has 2 unspecified atom stereocenters.